The Morgan fingerprint density at radius 1 is 1.33 bits per heavy atom. The molecule has 2 unspecified atom stereocenters. The largest absolute Gasteiger partial charge is 0.398 e. The Labute approximate surface area is 108 Å². The quantitative estimate of drug-likeness (QED) is 0.829. The maximum absolute atomic E-state index is 12.6. The molecule has 1 saturated carbocycles. The zero-order valence-electron chi connectivity index (χ0n) is 10.5. The van der Waals surface area contributed by atoms with Gasteiger partial charge in [0.2, 0.25) is 10.0 Å². The topological polar surface area (TPSA) is 63.4 Å². The van der Waals surface area contributed by atoms with Crippen LogP contribution in [0.2, 0.25) is 0 Å². The summed E-state index contributed by atoms with van der Waals surface area (Å²) in [5.74, 6) is 0.552. The van der Waals surface area contributed by atoms with Gasteiger partial charge in [-0.05, 0) is 49.8 Å². The maximum Gasteiger partial charge on any atom is 0.245 e. The fraction of sp³-hybridized carbons (Fsp3) is 0.538. The fourth-order valence-corrected chi connectivity index (χ4v) is 5.04. The highest BCUT2D eigenvalue weighted by Crippen LogP contribution is 2.41. The van der Waals surface area contributed by atoms with Crippen molar-refractivity contribution in [3.8, 4) is 0 Å². The number of nitrogens with zero attached hydrogens (tertiary/aromatic N) is 1. The summed E-state index contributed by atoms with van der Waals surface area (Å²) in [5, 5.41) is 0. The molecule has 0 aromatic heterocycles. The smallest absolute Gasteiger partial charge is 0.245 e. The van der Waals surface area contributed by atoms with Crippen LogP contribution in [0, 0.1) is 12.8 Å². The molecule has 2 atom stereocenters. The lowest BCUT2D eigenvalue weighted by atomic mass is 10.1. The van der Waals surface area contributed by atoms with Gasteiger partial charge in [0, 0.05) is 12.6 Å². The molecule has 0 spiro atoms. The van der Waals surface area contributed by atoms with E-state index in [-0.39, 0.29) is 10.9 Å². The van der Waals surface area contributed by atoms with Gasteiger partial charge in [-0.15, -0.1) is 0 Å². The molecule has 0 radical (unpaired) electrons. The molecule has 2 bridgehead atoms. The molecule has 1 saturated heterocycles. The first-order valence-electron chi connectivity index (χ1n) is 6.36. The zero-order valence-corrected chi connectivity index (χ0v) is 11.3. The van der Waals surface area contributed by atoms with E-state index >= 15 is 0 Å². The van der Waals surface area contributed by atoms with Crippen LogP contribution in [0.3, 0.4) is 0 Å². The van der Waals surface area contributed by atoms with E-state index in [1.54, 1.807) is 22.5 Å². The minimum absolute atomic E-state index is 0.195. The van der Waals surface area contributed by atoms with Gasteiger partial charge in [-0.3, -0.25) is 0 Å². The highest BCUT2D eigenvalue weighted by Gasteiger charge is 2.44. The number of anilines is 1. The first kappa shape index (κ1) is 12.0. The number of sulfonamides is 1. The van der Waals surface area contributed by atoms with Gasteiger partial charge in [-0.1, -0.05) is 6.07 Å². The molecule has 2 aliphatic rings. The summed E-state index contributed by atoms with van der Waals surface area (Å²) in [6.07, 6.45) is 3.18. The van der Waals surface area contributed by atoms with Crippen LogP contribution in [0.1, 0.15) is 24.8 Å². The summed E-state index contributed by atoms with van der Waals surface area (Å²) in [4.78, 5) is 0.264. The van der Waals surface area contributed by atoms with Crippen LogP contribution in [-0.4, -0.2) is 25.3 Å². The average molecular weight is 266 g/mol. The Bertz CT molecular complexity index is 583. The predicted molar refractivity (Wildman–Crippen MR) is 70.6 cm³/mol. The maximum atomic E-state index is 12.6. The summed E-state index contributed by atoms with van der Waals surface area (Å²) < 4.78 is 26.9. The molecule has 2 N–H and O–H groups in total. The number of hydrogen-bond acceptors (Lipinski definition) is 3. The molecule has 3 rings (SSSR count). The Balaban J connectivity index is 2.00. The number of fused-ring (bicyclic) bond motifs is 2. The van der Waals surface area contributed by atoms with Crippen molar-refractivity contribution in [2.75, 3.05) is 12.3 Å². The van der Waals surface area contributed by atoms with Crippen LogP contribution in [0.25, 0.3) is 0 Å². The molecule has 2 fully saturated rings. The molecule has 1 aliphatic carbocycles. The van der Waals surface area contributed by atoms with Gasteiger partial charge < -0.3 is 5.73 Å². The summed E-state index contributed by atoms with van der Waals surface area (Å²) in [7, 11) is -3.41. The van der Waals surface area contributed by atoms with Crippen LogP contribution in [0.4, 0.5) is 5.69 Å². The standard InChI is InChI=1S/C13H18N2O2S/c1-9-2-5-13(12(14)6-9)18(16,17)15-8-10-3-4-11(15)7-10/h2,5-6,10-11H,3-4,7-8,14H2,1H3. The van der Waals surface area contributed by atoms with Gasteiger partial charge >= 0.3 is 0 Å². The second kappa shape index (κ2) is 3.96. The Morgan fingerprint density at radius 2 is 2.11 bits per heavy atom. The Morgan fingerprint density at radius 3 is 2.67 bits per heavy atom. The van der Waals surface area contributed by atoms with Crippen molar-refractivity contribution < 1.29 is 8.42 Å². The van der Waals surface area contributed by atoms with E-state index in [2.05, 4.69) is 0 Å². The lowest BCUT2D eigenvalue weighted by Crippen LogP contribution is -2.37. The second-order valence-corrected chi connectivity index (χ2v) is 7.31. The number of rotatable bonds is 2. The Hall–Kier alpha value is -1.07. The van der Waals surface area contributed by atoms with Crippen molar-refractivity contribution >= 4 is 15.7 Å². The van der Waals surface area contributed by atoms with E-state index in [9.17, 15) is 8.42 Å². The number of nitrogens with two attached hydrogens (primary N) is 1. The number of nitrogen functional groups attached to an aromatic ring is 1. The van der Waals surface area contributed by atoms with Crippen molar-refractivity contribution in [2.45, 2.75) is 37.1 Å². The lowest BCUT2D eigenvalue weighted by Gasteiger charge is -2.26. The average Bonchev–Trinajstić information content (AvgIpc) is 2.90. The molecule has 1 aromatic rings. The zero-order chi connectivity index (χ0) is 12.9. The van der Waals surface area contributed by atoms with Crippen molar-refractivity contribution in [3.05, 3.63) is 23.8 Å². The first-order chi connectivity index (χ1) is 8.48. The van der Waals surface area contributed by atoms with Gasteiger partial charge in [0.25, 0.3) is 0 Å². The van der Waals surface area contributed by atoms with Crippen molar-refractivity contribution in [2.24, 2.45) is 5.92 Å². The first-order valence-corrected chi connectivity index (χ1v) is 7.80. The molecule has 1 heterocycles. The van der Waals surface area contributed by atoms with Gasteiger partial charge in [0.15, 0.2) is 0 Å². The molecule has 18 heavy (non-hydrogen) atoms. The van der Waals surface area contributed by atoms with E-state index in [0.717, 1.165) is 18.4 Å². The van der Waals surface area contributed by atoms with Gasteiger partial charge in [0.05, 0.1) is 5.69 Å². The highest BCUT2D eigenvalue weighted by molar-refractivity contribution is 7.89. The van der Waals surface area contributed by atoms with Gasteiger partial charge in [-0.2, -0.15) is 4.31 Å². The molecule has 0 amide bonds. The third-order valence-electron chi connectivity index (χ3n) is 4.11. The van der Waals surface area contributed by atoms with E-state index < -0.39 is 10.0 Å². The minimum Gasteiger partial charge on any atom is -0.398 e. The molecule has 98 valence electrons. The van der Waals surface area contributed by atoms with Crippen LogP contribution in [-0.2, 0) is 10.0 Å². The number of benzene rings is 1. The molecule has 1 aliphatic heterocycles. The van der Waals surface area contributed by atoms with Crippen LogP contribution in [0.5, 0.6) is 0 Å². The third kappa shape index (κ3) is 1.73. The summed E-state index contributed by atoms with van der Waals surface area (Å²) in [6.45, 7) is 2.57. The molecular formula is C13H18N2O2S. The van der Waals surface area contributed by atoms with Crippen molar-refractivity contribution in [3.63, 3.8) is 0 Å². The summed E-state index contributed by atoms with van der Waals surface area (Å²) in [6, 6.07) is 5.35. The normalized spacial score (nSPS) is 27.8. The van der Waals surface area contributed by atoms with Crippen LogP contribution >= 0.6 is 0 Å². The summed E-state index contributed by atoms with van der Waals surface area (Å²) >= 11 is 0. The minimum atomic E-state index is -3.41. The third-order valence-corrected chi connectivity index (χ3v) is 6.10. The summed E-state index contributed by atoms with van der Waals surface area (Å²) in [5.41, 5.74) is 7.21. The van der Waals surface area contributed by atoms with Crippen LogP contribution in [0.15, 0.2) is 23.1 Å². The highest BCUT2D eigenvalue weighted by atomic mass is 32.2. The molecule has 5 heteroatoms. The van der Waals surface area contributed by atoms with Gasteiger partial charge in [-0.25, -0.2) is 8.42 Å². The number of hydrogen-bond donors (Lipinski definition) is 1. The second-order valence-electron chi connectivity index (χ2n) is 5.45. The predicted octanol–water partition coefficient (Wildman–Crippen LogP) is 1.75. The van der Waals surface area contributed by atoms with Crippen molar-refractivity contribution in [1.82, 2.24) is 4.31 Å². The number of piperidine rings is 1. The fourth-order valence-electron chi connectivity index (χ4n) is 3.20. The van der Waals surface area contributed by atoms with Crippen molar-refractivity contribution in [1.29, 1.82) is 0 Å². The molecule has 1 aromatic carbocycles. The SMILES string of the molecule is Cc1ccc(S(=O)(=O)N2CC3CCC2C3)c(N)c1. The lowest BCUT2D eigenvalue weighted by molar-refractivity contribution is 0.333. The Kier molecular flexibility index (Phi) is 2.64. The monoisotopic (exact) mass is 266 g/mol. The molecule has 4 nitrogen and oxygen atoms in total. The molecular weight excluding hydrogens is 248 g/mol. The van der Waals surface area contributed by atoms with E-state index in [4.69, 9.17) is 5.73 Å². The van der Waals surface area contributed by atoms with E-state index in [0.29, 0.717) is 18.2 Å². The van der Waals surface area contributed by atoms with Gasteiger partial charge in [0.1, 0.15) is 4.90 Å². The van der Waals surface area contributed by atoms with E-state index in [1.807, 2.05) is 6.92 Å². The number of aryl methyl sites for hydroxylation is 1. The van der Waals surface area contributed by atoms with Crippen LogP contribution < -0.4 is 5.73 Å². The van der Waals surface area contributed by atoms with E-state index in [1.165, 1.54) is 6.42 Å².